The lowest BCUT2D eigenvalue weighted by Gasteiger charge is -2.40. The third-order valence-corrected chi connectivity index (χ3v) is 3.94. The molecule has 6 nitrogen and oxygen atoms in total. The molecule has 4 N–H and O–H groups in total. The van der Waals surface area contributed by atoms with Gasteiger partial charge in [0.05, 0.1) is 6.61 Å². The smallest absolute Gasteiger partial charge is 0.277 e. The van der Waals surface area contributed by atoms with E-state index in [0.29, 0.717) is 13.2 Å². The molecule has 90 valence electrons. The molecular formula is C8H19N3O3S. The monoisotopic (exact) mass is 237 g/mol. The molecule has 0 aromatic carbocycles. The minimum atomic E-state index is -3.44. The molecule has 1 rings (SSSR count). The van der Waals surface area contributed by atoms with Crippen LogP contribution in [0.2, 0.25) is 0 Å². The summed E-state index contributed by atoms with van der Waals surface area (Å²) in [5.74, 6) is 0. The molecule has 0 amide bonds. The second-order valence-electron chi connectivity index (χ2n) is 3.83. The van der Waals surface area contributed by atoms with Crippen molar-refractivity contribution in [2.75, 3.05) is 26.8 Å². The van der Waals surface area contributed by atoms with Gasteiger partial charge in [-0.05, 0) is 19.3 Å². The first kappa shape index (κ1) is 12.9. The predicted octanol–water partition coefficient (Wildman–Crippen LogP) is -1.06. The SMILES string of the molecule is COCCNS(=O)(=O)NC1(CN)CCC1. The fourth-order valence-corrected chi connectivity index (χ4v) is 2.83. The van der Waals surface area contributed by atoms with Crippen molar-refractivity contribution in [1.82, 2.24) is 9.44 Å². The fourth-order valence-electron chi connectivity index (χ4n) is 1.55. The first-order chi connectivity index (χ1) is 7.04. The Morgan fingerprint density at radius 2 is 2.13 bits per heavy atom. The van der Waals surface area contributed by atoms with E-state index in [1.807, 2.05) is 0 Å². The minimum absolute atomic E-state index is 0.270. The van der Waals surface area contributed by atoms with Crippen LogP contribution < -0.4 is 15.2 Å². The molecule has 0 atom stereocenters. The lowest BCUT2D eigenvalue weighted by molar-refractivity contribution is 0.202. The van der Waals surface area contributed by atoms with Crippen LogP contribution in [-0.2, 0) is 14.9 Å². The minimum Gasteiger partial charge on any atom is -0.383 e. The molecule has 7 heteroatoms. The number of hydrogen-bond donors (Lipinski definition) is 3. The van der Waals surface area contributed by atoms with Crippen molar-refractivity contribution in [2.45, 2.75) is 24.8 Å². The van der Waals surface area contributed by atoms with E-state index >= 15 is 0 Å². The highest BCUT2D eigenvalue weighted by molar-refractivity contribution is 7.87. The molecule has 0 bridgehead atoms. The predicted molar refractivity (Wildman–Crippen MR) is 57.6 cm³/mol. The molecule has 1 aliphatic rings. The summed E-state index contributed by atoms with van der Waals surface area (Å²) in [5, 5.41) is 0. The van der Waals surface area contributed by atoms with Gasteiger partial charge in [0.1, 0.15) is 0 Å². The van der Waals surface area contributed by atoms with Gasteiger partial charge in [-0.25, -0.2) is 0 Å². The van der Waals surface area contributed by atoms with Crippen molar-refractivity contribution in [2.24, 2.45) is 5.73 Å². The largest absolute Gasteiger partial charge is 0.383 e. The van der Waals surface area contributed by atoms with Crippen molar-refractivity contribution in [3.8, 4) is 0 Å². The van der Waals surface area contributed by atoms with Gasteiger partial charge in [0.2, 0.25) is 0 Å². The van der Waals surface area contributed by atoms with Gasteiger partial charge < -0.3 is 10.5 Å². The van der Waals surface area contributed by atoms with E-state index in [2.05, 4.69) is 9.44 Å². The molecule has 0 spiro atoms. The van der Waals surface area contributed by atoms with Crippen molar-refractivity contribution < 1.29 is 13.2 Å². The van der Waals surface area contributed by atoms with Gasteiger partial charge in [-0.1, -0.05) is 0 Å². The van der Waals surface area contributed by atoms with Gasteiger partial charge in [0.25, 0.3) is 10.2 Å². The van der Waals surface area contributed by atoms with Crippen LogP contribution in [0.1, 0.15) is 19.3 Å². The quantitative estimate of drug-likeness (QED) is 0.492. The Hall–Kier alpha value is -0.210. The highest BCUT2D eigenvalue weighted by Crippen LogP contribution is 2.30. The van der Waals surface area contributed by atoms with Crippen LogP contribution in [0.15, 0.2) is 0 Å². The van der Waals surface area contributed by atoms with Crippen molar-refractivity contribution >= 4 is 10.2 Å². The number of hydrogen-bond acceptors (Lipinski definition) is 4. The highest BCUT2D eigenvalue weighted by atomic mass is 32.2. The summed E-state index contributed by atoms with van der Waals surface area (Å²) in [4.78, 5) is 0. The molecule has 0 aromatic heterocycles. The van der Waals surface area contributed by atoms with Crippen molar-refractivity contribution in [3.63, 3.8) is 0 Å². The van der Waals surface area contributed by atoms with Gasteiger partial charge in [-0.3, -0.25) is 0 Å². The van der Waals surface area contributed by atoms with Crippen molar-refractivity contribution in [3.05, 3.63) is 0 Å². The molecule has 0 aliphatic heterocycles. The number of nitrogens with two attached hydrogens (primary N) is 1. The summed E-state index contributed by atoms with van der Waals surface area (Å²) in [5.41, 5.74) is 5.13. The molecule has 0 unspecified atom stereocenters. The Labute approximate surface area is 90.7 Å². The fraction of sp³-hybridized carbons (Fsp3) is 1.00. The average Bonchev–Trinajstić information content (AvgIpc) is 2.12. The standard InChI is InChI=1S/C8H19N3O3S/c1-14-6-5-10-15(12,13)11-8(7-9)3-2-4-8/h10-11H,2-7,9H2,1H3. The summed E-state index contributed by atoms with van der Waals surface area (Å²) in [7, 11) is -1.92. The van der Waals surface area contributed by atoms with Crippen LogP contribution in [0.25, 0.3) is 0 Å². The zero-order valence-electron chi connectivity index (χ0n) is 8.95. The van der Waals surface area contributed by atoms with Gasteiger partial charge in [0.15, 0.2) is 0 Å². The summed E-state index contributed by atoms with van der Waals surface area (Å²) in [6.07, 6.45) is 2.65. The zero-order valence-corrected chi connectivity index (χ0v) is 9.77. The second kappa shape index (κ2) is 5.22. The summed E-state index contributed by atoms with van der Waals surface area (Å²) in [6, 6.07) is 0. The first-order valence-corrected chi connectivity index (χ1v) is 6.49. The van der Waals surface area contributed by atoms with E-state index in [1.54, 1.807) is 0 Å². The van der Waals surface area contributed by atoms with Crippen LogP contribution in [0, 0.1) is 0 Å². The van der Waals surface area contributed by atoms with Crippen LogP contribution >= 0.6 is 0 Å². The second-order valence-corrected chi connectivity index (χ2v) is 5.33. The average molecular weight is 237 g/mol. The summed E-state index contributed by atoms with van der Waals surface area (Å²) < 4.78 is 32.8. The molecule has 1 saturated carbocycles. The Morgan fingerprint density at radius 3 is 2.53 bits per heavy atom. The van der Waals surface area contributed by atoms with E-state index in [0.717, 1.165) is 19.3 Å². The molecule has 0 aromatic rings. The van der Waals surface area contributed by atoms with Gasteiger partial charge in [0, 0.05) is 25.7 Å². The summed E-state index contributed by atoms with van der Waals surface area (Å²) in [6.45, 7) is 0.973. The lowest BCUT2D eigenvalue weighted by atomic mass is 9.78. The van der Waals surface area contributed by atoms with Crippen LogP contribution in [0.4, 0.5) is 0 Å². The maximum absolute atomic E-state index is 11.5. The van der Waals surface area contributed by atoms with E-state index in [-0.39, 0.29) is 6.54 Å². The first-order valence-electron chi connectivity index (χ1n) is 5.01. The van der Waals surface area contributed by atoms with E-state index in [9.17, 15) is 8.42 Å². The lowest BCUT2D eigenvalue weighted by Crippen LogP contribution is -2.60. The Bertz CT molecular complexity index is 282. The van der Waals surface area contributed by atoms with E-state index < -0.39 is 15.7 Å². The molecular weight excluding hydrogens is 218 g/mol. The molecule has 0 heterocycles. The molecule has 15 heavy (non-hydrogen) atoms. The number of nitrogens with one attached hydrogen (secondary N) is 2. The topological polar surface area (TPSA) is 93.4 Å². The highest BCUT2D eigenvalue weighted by Gasteiger charge is 2.38. The van der Waals surface area contributed by atoms with E-state index in [4.69, 9.17) is 10.5 Å². The van der Waals surface area contributed by atoms with Crippen molar-refractivity contribution in [1.29, 1.82) is 0 Å². The third kappa shape index (κ3) is 3.69. The normalized spacial score (nSPS) is 19.9. The number of rotatable bonds is 7. The molecule has 0 radical (unpaired) electrons. The van der Waals surface area contributed by atoms with Gasteiger partial charge in [-0.15, -0.1) is 0 Å². The Balaban J connectivity index is 2.41. The molecule has 1 fully saturated rings. The van der Waals surface area contributed by atoms with Crippen LogP contribution in [-0.4, -0.2) is 40.8 Å². The maximum Gasteiger partial charge on any atom is 0.277 e. The molecule has 0 saturated heterocycles. The molecule has 1 aliphatic carbocycles. The maximum atomic E-state index is 11.5. The Kier molecular flexibility index (Phi) is 4.47. The number of ether oxygens (including phenoxy) is 1. The summed E-state index contributed by atoms with van der Waals surface area (Å²) >= 11 is 0. The van der Waals surface area contributed by atoms with Crippen LogP contribution in [0.3, 0.4) is 0 Å². The zero-order chi connectivity index (χ0) is 11.4. The van der Waals surface area contributed by atoms with Gasteiger partial charge >= 0.3 is 0 Å². The van der Waals surface area contributed by atoms with E-state index in [1.165, 1.54) is 7.11 Å². The number of methoxy groups -OCH3 is 1. The Morgan fingerprint density at radius 1 is 1.47 bits per heavy atom. The van der Waals surface area contributed by atoms with Crippen LogP contribution in [0.5, 0.6) is 0 Å². The van der Waals surface area contributed by atoms with Gasteiger partial charge in [-0.2, -0.15) is 17.9 Å². The third-order valence-electron chi connectivity index (χ3n) is 2.65.